The number of rotatable bonds is 3. The van der Waals surface area contributed by atoms with Crippen LogP contribution in [0.1, 0.15) is 11.1 Å². The summed E-state index contributed by atoms with van der Waals surface area (Å²) in [6.07, 6.45) is 0. The number of fused-ring (bicyclic) bond motifs is 1. The number of carbonyl (C=O) groups is 1. The molecule has 0 bridgehead atoms. The Hall–Kier alpha value is -2.25. The minimum Gasteiger partial charge on any atom is -0.319 e. The van der Waals surface area contributed by atoms with E-state index in [2.05, 4.69) is 4.99 Å². The fraction of sp³-hybridized carbons (Fsp3) is 0.222. The van der Waals surface area contributed by atoms with Gasteiger partial charge in [-0.05, 0) is 37.6 Å². The molecule has 130 valence electrons. The molecule has 0 saturated carbocycles. The van der Waals surface area contributed by atoms with Crippen LogP contribution in [0.5, 0.6) is 0 Å². The standard InChI is InChI=1S/C18H18N2O3S2/c1-12-7-9-14(10-8-12)25(22,23)11-16(21)19-18-20(3)17-13(2)5-4-6-15(17)24-18/h4-10H,11H2,1-3H3. The van der Waals surface area contributed by atoms with Gasteiger partial charge in [-0.25, -0.2) is 8.42 Å². The first-order valence-corrected chi connectivity index (χ1v) is 10.2. The highest BCUT2D eigenvalue weighted by molar-refractivity contribution is 7.92. The average molecular weight is 374 g/mol. The molecular formula is C18H18N2O3S2. The van der Waals surface area contributed by atoms with E-state index < -0.39 is 21.5 Å². The minimum atomic E-state index is -3.70. The lowest BCUT2D eigenvalue weighted by Crippen LogP contribution is -2.19. The van der Waals surface area contributed by atoms with Crippen LogP contribution in [0.15, 0.2) is 52.4 Å². The van der Waals surface area contributed by atoms with Crippen molar-refractivity contribution in [3.05, 3.63) is 58.4 Å². The van der Waals surface area contributed by atoms with Crippen molar-refractivity contribution in [3.8, 4) is 0 Å². The van der Waals surface area contributed by atoms with Crippen LogP contribution in [0.4, 0.5) is 0 Å². The summed E-state index contributed by atoms with van der Waals surface area (Å²) >= 11 is 1.37. The average Bonchev–Trinajstić information content (AvgIpc) is 2.84. The second-order valence-electron chi connectivity index (χ2n) is 5.94. The Labute approximate surface area is 150 Å². The monoisotopic (exact) mass is 374 g/mol. The van der Waals surface area contributed by atoms with Crippen LogP contribution in [0.3, 0.4) is 0 Å². The zero-order chi connectivity index (χ0) is 18.2. The summed E-state index contributed by atoms with van der Waals surface area (Å²) in [5.41, 5.74) is 3.04. The molecule has 5 nitrogen and oxygen atoms in total. The highest BCUT2D eigenvalue weighted by Crippen LogP contribution is 2.19. The van der Waals surface area contributed by atoms with Crippen molar-refractivity contribution in [2.75, 3.05) is 5.75 Å². The van der Waals surface area contributed by atoms with Crippen molar-refractivity contribution in [2.45, 2.75) is 18.7 Å². The molecule has 0 spiro atoms. The van der Waals surface area contributed by atoms with Crippen LogP contribution in [-0.4, -0.2) is 24.6 Å². The third kappa shape index (κ3) is 3.57. The van der Waals surface area contributed by atoms with E-state index in [0.717, 1.165) is 21.3 Å². The first-order valence-electron chi connectivity index (χ1n) is 7.70. The quantitative estimate of drug-likeness (QED) is 0.708. The van der Waals surface area contributed by atoms with Gasteiger partial charge in [-0.2, -0.15) is 4.99 Å². The van der Waals surface area contributed by atoms with Crippen molar-refractivity contribution in [1.29, 1.82) is 0 Å². The topological polar surface area (TPSA) is 68.5 Å². The van der Waals surface area contributed by atoms with E-state index in [-0.39, 0.29) is 4.90 Å². The van der Waals surface area contributed by atoms with Crippen LogP contribution < -0.4 is 4.80 Å². The Morgan fingerprint density at radius 3 is 2.44 bits per heavy atom. The maximum Gasteiger partial charge on any atom is 0.263 e. The van der Waals surface area contributed by atoms with E-state index in [1.807, 2.05) is 43.7 Å². The Morgan fingerprint density at radius 1 is 1.12 bits per heavy atom. The third-order valence-electron chi connectivity index (χ3n) is 3.94. The summed E-state index contributed by atoms with van der Waals surface area (Å²) in [5.74, 6) is -1.30. The Kier molecular flexibility index (Phi) is 4.62. The first-order chi connectivity index (χ1) is 11.8. The lowest BCUT2D eigenvalue weighted by molar-refractivity contribution is -0.115. The van der Waals surface area contributed by atoms with Crippen LogP contribution in [-0.2, 0) is 21.7 Å². The van der Waals surface area contributed by atoms with E-state index in [4.69, 9.17) is 0 Å². The number of thiazole rings is 1. The lowest BCUT2D eigenvalue weighted by atomic mass is 10.2. The second kappa shape index (κ2) is 6.57. The molecule has 3 rings (SSSR count). The molecule has 0 aliphatic rings. The van der Waals surface area contributed by atoms with Crippen molar-refractivity contribution in [3.63, 3.8) is 0 Å². The number of carbonyl (C=O) groups excluding carboxylic acids is 1. The Balaban J connectivity index is 1.94. The number of hydrogen-bond donors (Lipinski definition) is 0. The summed E-state index contributed by atoms with van der Waals surface area (Å²) in [7, 11) is -1.87. The molecule has 0 N–H and O–H groups in total. The maximum atomic E-state index is 12.4. The Morgan fingerprint density at radius 2 is 1.80 bits per heavy atom. The molecule has 0 atom stereocenters. The number of para-hydroxylation sites is 1. The molecule has 0 radical (unpaired) electrons. The van der Waals surface area contributed by atoms with Crippen LogP contribution >= 0.6 is 11.3 Å². The molecule has 1 heterocycles. The highest BCUT2D eigenvalue weighted by Gasteiger charge is 2.19. The highest BCUT2D eigenvalue weighted by atomic mass is 32.2. The second-order valence-corrected chi connectivity index (χ2v) is 8.94. The number of hydrogen-bond acceptors (Lipinski definition) is 4. The maximum absolute atomic E-state index is 12.4. The first kappa shape index (κ1) is 17.6. The van der Waals surface area contributed by atoms with Crippen molar-refractivity contribution >= 4 is 37.3 Å². The van der Waals surface area contributed by atoms with Gasteiger partial charge in [-0.15, -0.1) is 0 Å². The van der Waals surface area contributed by atoms with Crippen LogP contribution in [0, 0.1) is 13.8 Å². The van der Waals surface area contributed by atoms with Gasteiger partial charge in [0, 0.05) is 7.05 Å². The zero-order valence-electron chi connectivity index (χ0n) is 14.2. The minimum absolute atomic E-state index is 0.137. The number of aromatic nitrogens is 1. The number of benzene rings is 2. The van der Waals surface area contributed by atoms with E-state index >= 15 is 0 Å². The van der Waals surface area contributed by atoms with Gasteiger partial charge >= 0.3 is 0 Å². The van der Waals surface area contributed by atoms with E-state index in [1.165, 1.54) is 23.5 Å². The van der Waals surface area contributed by atoms with E-state index in [0.29, 0.717) is 4.80 Å². The molecule has 2 aromatic carbocycles. The number of amides is 1. The summed E-state index contributed by atoms with van der Waals surface area (Å²) < 4.78 is 27.6. The smallest absolute Gasteiger partial charge is 0.263 e. The summed E-state index contributed by atoms with van der Waals surface area (Å²) in [4.78, 5) is 16.9. The zero-order valence-corrected chi connectivity index (χ0v) is 15.8. The summed E-state index contributed by atoms with van der Waals surface area (Å²) in [6.45, 7) is 3.86. The third-order valence-corrected chi connectivity index (χ3v) is 6.65. The molecular weight excluding hydrogens is 356 g/mol. The van der Waals surface area contributed by atoms with Gasteiger partial charge < -0.3 is 4.57 Å². The van der Waals surface area contributed by atoms with Gasteiger partial charge in [0.1, 0.15) is 5.75 Å². The fourth-order valence-corrected chi connectivity index (χ4v) is 4.86. The van der Waals surface area contributed by atoms with Gasteiger partial charge in [0.15, 0.2) is 14.6 Å². The van der Waals surface area contributed by atoms with Gasteiger partial charge in [0.05, 0.1) is 15.1 Å². The summed E-state index contributed by atoms with van der Waals surface area (Å²) in [6, 6.07) is 12.3. The molecule has 0 unspecified atom stereocenters. The molecule has 0 aliphatic heterocycles. The molecule has 0 aliphatic carbocycles. The number of aryl methyl sites for hydroxylation is 3. The molecule has 25 heavy (non-hydrogen) atoms. The lowest BCUT2D eigenvalue weighted by Gasteiger charge is -2.02. The molecule has 0 saturated heterocycles. The largest absolute Gasteiger partial charge is 0.319 e. The number of sulfone groups is 1. The van der Waals surface area contributed by atoms with Crippen LogP contribution in [0.25, 0.3) is 10.2 Å². The fourth-order valence-electron chi connectivity index (χ4n) is 2.63. The van der Waals surface area contributed by atoms with Crippen molar-refractivity contribution in [1.82, 2.24) is 4.57 Å². The summed E-state index contributed by atoms with van der Waals surface area (Å²) in [5, 5.41) is 0. The van der Waals surface area contributed by atoms with Gasteiger partial charge in [0.25, 0.3) is 5.91 Å². The van der Waals surface area contributed by atoms with Crippen molar-refractivity contribution < 1.29 is 13.2 Å². The SMILES string of the molecule is Cc1ccc(S(=O)(=O)CC(=O)N=c2sc3cccc(C)c3n2C)cc1. The van der Waals surface area contributed by atoms with E-state index in [1.54, 1.807) is 12.1 Å². The van der Waals surface area contributed by atoms with Gasteiger partial charge in [0.2, 0.25) is 0 Å². The number of nitrogens with zero attached hydrogens (tertiary/aromatic N) is 2. The molecule has 1 amide bonds. The molecule has 7 heteroatoms. The molecule has 0 fully saturated rings. The molecule has 3 aromatic rings. The molecule has 1 aromatic heterocycles. The normalized spacial score (nSPS) is 12.7. The van der Waals surface area contributed by atoms with Crippen molar-refractivity contribution in [2.24, 2.45) is 12.0 Å². The van der Waals surface area contributed by atoms with Gasteiger partial charge in [-0.3, -0.25) is 4.79 Å². The predicted molar refractivity (Wildman–Crippen MR) is 99.3 cm³/mol. The Bertz CT molecular complexity index is 1120. The predicted octanol–water partition coefficient (Wildman–Crippen LogP) is 2.76. The van der Waals surface area contributed by atoms with E-state index in [9.17, 15) is 13.2 Å². The van der Waals surface area contributed by atoms with Crippen LogP contribution in [0.2, 0.25) is 0 Å². The van der Waals surface area contributed by atoms with Gasteiger partial charge in [-0.1, -0.05) is 41.2 Å².